The van der Waals surface area contributed by atoms with Crippen LogP contribution in [0.5, 0.6) is 5.75 Å². The average Bonchev–Trinajstić information content (AvgIpc) is 1.87. The molecule has 2 nitrogen and oxygen atoms in total. The molecule has 0 radical (unpaired) electrons. The van der Waals surface area contributed by atoms with Crippen molar-refractivity contribution < 1.29 is 5.11 Å². The zero-order valence-electron chi connectivity index (χ0n) is 6.75. The van der Waals surface area contributed by atoms with E-state index in [-0.39, 0.29) is 5.54 Å². The lowest BCUT2D eigenvalue weighted by atomic mass is 9.59. The summed E-state index contributed by atoms with van der Waals surface area (Å²) in [7, 11) is 0. The van der Waals surface area contributed by atoms with Crippen LogP contribution in [0.25, 0.3) is 0 Å². The Hall–Kier alpha value is -1.02. The van der Waals surface area contributed by atoms with E-state index in [0.29, 0.717) is 5.75 Å². The van der Waals surface area contributed by atoms with Crippen molar-refractivity contribution in [2.45, 2.75) is 24.4 Å². The van der Waals surface area contributed by atoms with Gasteiger partial charge in [0.05, 0.1) is 5.54 Å². The molecule has 3 fully saturated rings. The average molecular weight is 161 g/mol. The minimum absolute atomic E-state index is 0.149. The summed E-state index contributed by atoms with van der Waals surface area (Å²) in [5, 5.41) is 13.0. The molecule has 1 aliphatic carbocycles. The minimum atomic E-state index is 0.149. The van der Waals surface area contributed by atoms with Crippen molar-refractivity contribution >= 4 is 0 Å². The van der Waals surface area contributed by atoms with Gasteiger partial charge in [-0.15, -0.1) is 0 Å². The Morgan fingerprint density at radius 3 is 2.50 bits per heavy atom. The monoisotopic (exact) mass is 161 g/mol. The maximum atomic E-state index is 9.60. The molecule has 4 rings (SSSR count). The third kappa shape index (κ3) is 0.596. The Morgan fingerprint density at radius 1 is 1.33 bits per heavy atom. The van der Waals surface area contributed by atoms with E-state index in [1.165, 1.54) is 12.8 Å². The van der Waals surface area contributed by atoms with Gasteiger partial charge < -0.3 is 10.4 Å². The molecule has 62 valence electrons. The molecular weight excluding hydrogens is 150 g/mol. The fourth-order valence-corrected chi connectivity index (χ4v) is 2.31. The van der Waals surface area contributed by atoms with Gasteiger partial charge in [-0.1, -0.05) is 18.2 Å². The van der Waals surface area contributed by atoms with Crippen LogP contribution in [0.3, 0.4) is 0 Å². The molecule has 1 aromatic carbocycles. The summed E-state index contributed by atoms with van der Waals surface area (Å²) in [6, 6.07) is 8.35. The Balaban J connectivity index is 2.06. The van der Waals surface area contributed by atoms with Gasteiger partial charge in [-0.05, 0) is 18.9 Å². The van der Waals surface area contributed by atoms with E-state index in [1.54, 1.807) is 6.07 Å². The smallest absolute Gasteiger partial charge is 0.120 e. The summed E-state index contributed by atoms with van der Waals surface area (Å²) < 4.78 is 0. The molecule has 2 heteroatoms. The lowest BCUT2D eigenvalue weighted by Crippen LogP contribution is -2.74. The largest absolute Gasteiger partial charge is 0.508 e. The molecule has 0 atom stereocenters. The van der Waals surface area contributed by atoms with Crippen molar-refractivity contribution in [1.82, 2.24) is 5.32 Å². The zero-order valence-corrected chi connectivity index (χ0v) is 6.75. The minimum Gasteiger partial charge on any atom is -0.508 e. The van der Waals surface area contributed by atoms with E-state index in [0.717, 1.165) is 11.6 Å². The molecule has 0 aromatic heterocycles. The van der Waals surface area contributed by atoms with E-state index in [9.17, 15) is 5.11 Å². The Morgan fingerprint density at radius 2 is 2.00 bits per heavy atom. The van der Waals surface area contributed by atoms with Crippen LogP contribution in [0.2, 0.25) is 0 Å². The molecule has 2 bridgehead atoms. The van der Waals surface area contributed by atoms with E-state index in [4.69, 9.17) is 0 Å². The molecule has 3 aliphatic rings. The Bertz CT molecular complexity index is 317. The predicted octanol–water partition coefficient (Wildman–Crippen LogP) is 1.35. The second-order valence-corrected chi connectivity index (χ2v) is 3.85. The second kappa shape index (κ2) is 1.83. The molecule has 2 N–H and O–H groups in total. The third-order valence-electron chi connectivity index (χ3n) is 3.09. The van der Waals surface area contributed by atoms with Gasteiger partial charge in [0.2, 0.25) is 0 Å². The SMILES string of the molecule is Oc1ccccc1C12CC(C1)N2. The van der Waals surface area contributed by atoms with Gasteiger partial charge in [0.15, 0.2) is 0 Å². The summed E-state index contributed by atoms with van der Waals surface area (Å²) in [6.45, 7) is 0. The maximum absolute atomic E-state index is 9.60. The molecule has 0 amide bonds. The number of rotatable bonds is 1. The lowest BCUT2D eigenvalue weighted by molar-refractivity contribution is -0.0236. The Labute approximate surface area is 71.2 Å². The molecule has 2 aliphatic heterocycles. The number of hydrogen-bond donors (Lipinski definition) is 2. The van der Waals surface area contributed by atoms with Gasteiger partial charge in [-0.3, -0.25) is 0 Å². The molecule has 1 saturated carbocycles. The number of para-hydroxylation sites is 1. The van der Waals surface area contributed by atoms with Crippen molar-refractivity contribution in [3.8, 4) is 5.75 Å². The van der Waals surface area contributed by atoms with Crippen molar-refractivity contribution in [2.24, 2.45) is 0 Å². The zero-order chi connectivity index (χ0) is 8.18. The van der Waals surface area contributed by atoms with Crippen molar-refractivity contribution in [1.29, 1.82) is 0 Å². The first-order chi connectivity index (χ1) is 5.80. The Kier molecular flexibility index (Phi) is 0.989. The van der Waals surface area contributed by atoms with Crippen LogP contribution in [-0.4, -0.2) is 11.1 Å². The molecule has 1 aromatic rings. The van der Waals surface area contributed by atoms with Crippen LogP contribution in [0, 0.1) is 0 Å². The van der Waals surface area contributed by atoms with Gasteiger partial charge in [0.1, 0.15) is 5.75 Å². The number of benzene rings is 1. The van der Waals surface area contributed by atoms with Crippen LogP contribution in [0.1, 0.15) is 18.4 Å². The second-order valence-electron chi connectivity index (χ2n) is 3.85. The van der Waals surface area contributed by atoms with Crippen LogP contribution in [0.15, 0.2) is 24.3 Å². The van der Waals surface area contributed by atoms with Gasteiger partial charge in [0.25, 0.3) is 0 Å². The molecule has 0 unspecified atom stereocenters. The molecule has 2 saturated heterocycles. The van der Waals surface area contributed by atoms with Crippen molar-refractivity contribution in [3.63, 3.8) is 0 Å². The molecule has 2 heterocycles. The van der Waals surface area contributed by atoms with Crippen LogP contribution >= 0.6 is 0 Å². The van der Waals surface area contributed by atoms with Crippen LogP contribution in [0.4, 0.5) is 0 Å². The number of hydrogen-bond acceptors (Lipinski definition) is 2. The van der Waals surface area contributed by atoms with Crippen molar-refractivity contribution in [3.05, 3.63) is 29.8 Å². The highest BCUT2D eigenvalue weighted by Gasteiger charge is 2.58. The van der Waals surface area contributed by atoms with E-state index in [2.05, 4.69) is 5.32 Å². The molecule has 0 spiro atoms. The first kappa shape index (κ1) is 6.49. The maximum Gasteiger partial charge on any atom is 0.120 e. The normalized spacial score (nSPS) is 36.8. The summed E-state index contributed by atoms with van der Waals surface area (Å²) in [6.07, 6.45) is 2.40. The summed E-state index contributed by atoms with van der Waals surface area (Å²) in [5.74, 6) is 0.433. The summed E-state index contributed by atoms with van der Waals surface area (Å²) in [5.41, 5.74) is 1.23. The molecular formula is C10H11NO. The van der Waals surface area contributed by atoms with Gasteiger partial charge in [0, 0.05) is 11.6 Å². The highest BCUT2D eigenvalue weighted by atomic mass is 16.3. The summed E-state index contributed by atoms with van der Waals surface area (Å²) in [4.78, 5) is 0. The highest BCUT2D eigenvalue weighted by molar-refractivity contribution is 5.44. The number of aromatic hydroxyl groups is 1. The first-order valence-electron chi connectivity index (χ1n) is 4.36. The van der Waals surface area contributed by atoms with Crippen LogP contribution in [-0.2, 0) is 5.54 Å². The lowest BCUT2D eigenvalue weighted by Gasteiger charge is -2.63. The van der Waals surface area contributed by atoms with Gasteiger partial charge in [-0.2, -0.15) is 0 Å². The van der Waals surface area contributed by atoms with E-state index >= 15 is 0 Å². The highest BCUT2D eigenvalue weighted by Crippen LogP contribution is 2.54. The van der Waals surface area contributed by atoms with E-state index < -0.39 is 0 Å². The fraction of sp³-hybridized carbons (Fsp3) is 0.400. The number of nitrogens with one attached hydrogen (secondary N) is 1. The van der Waals surface area contributed by atoms with Gasteiger partial charge in [-0.25, -0.2) is 0 Å². The van der Waals surface area contributed by atoms with E-state index in [1.807, 2.05) is 18.2 Å². The van der Waals surface area contributed by atoms with Crippen LogP contribution < -0.4 is 5.32 Å². The fourth-order valence-electron chi connectivity index (χ4n) is 2.31. The number of phenols is 1. The number of phenolic OH excluding ortho intramolecular Hbond substituents is 1. The molecule has 12 heavy (non-hydrogen) atoms. The topological polar surface area (TPSA) is 32.3 Å². The first-order valence-corrected chi connectivity index (χ1v) is 4.36. The predicted molar refractivity (Wildman–Crippen MR) is 45.9 cm³/mol. The summed E-state index contributed by atoms with van der Waals surface area (Å²) >= 11 is 0. The van der Waals surface area contributed by atoms with Gasteiger partial charge >= 0.3 is 0 Å². The van der Waals surface area contributed by atoms with Crippen molar-refractivity contribution in [2.75, 3.05) is 0 Å². The quantitative estimate of drug-likeness (QED) is 0.651. The third-order valence-corrected chi connectivity index (χ3v) is 3.09. The standard InChI is InChI=1S/C10H11NO/c12-9-4-2-1-3-8(9)10-5-7(6-10)11-10/h1-4,7,11-12H,5-6H2.